The molecule has 2 rings (SSSR count). The van der Waals surface area contributed by atoms with Crippen molar-refractivity contribution >= 4 is 33.2 Å². The molecule has 0 unspecified atom stereocenters. The lowest BCUT2D eigenvalue weighted by Crippen LogP contribution is -1.91. The van der Waals surface area contributed by atoms with Gasteiger partial charge in [0, 0.05) is 14.9 Å². The predicted molar refractivity (Wildman–Crippen MR) is 71.0 cm³/mol. The van der Waals surface area contributed by atoms with Gasteiger partial charge in [-0.05, 0) is 34.1 Å². The molecule has 0 amide bonds. The molecule has 1 heterocycles. The Kier molecular flexibility index (Phi) is 3.49. The van der Waals surface area contributed by atoms with Crippen molar-refractivity contribution in [2.75, 3.05) is 7.11 Å². The van der Waals surface area contributed by atoms with Crippen molar-refractivity contribution in [2.24, 2.45) is 0 Å². The standard InChI is InChI=1S/C12H9BrO3S/c1-16-9-5-3-2-4-7(9)10-6-8(13)11(17-10)12(14)15/h2-6H,1H3,(H,14,15). The summed E-state index contributed by atoms with van der Waals surface area (Å²) >= 11 is 4.47. The average molecular weight is 313 g/mol. The summed E-state index contributed by atoms with van der Waals surface area (Å²) in [5.74, 6) is -0.193. The first kappa shape index (κ1) is 12.1. The van der Waals surface area contributed by atoms with E-state index in [1.807, 2.05) is 24.3 Å². The van der Waals surface area contributed by atoms with Crippen LogP contribution in [0.4, 0.5) is 0 Å². The van der Waals surface area contributed by atoms with Gasteiger partial charge in [0.15, 0.2) is 0 Å². The van der Waals surface area contributed by atoms with Crippen LogP contribution in [0.3, 0.4) is 0 Å². The molecule has 3 nitrogen and oxygen atoms in total. The fraction of sp³-hybridized carbons (Fsp3) is 0.0833. The molecule has 1 aromatic heterocycles. The highest BCUT2D eigenvalue weighted by Gasteiger charge is 2.16. The van der Waals surface area contributed by atoms with Crippen LogP contribution in [0, 0.1) is 0 Å². The summed E-state index contributed by atoms with van der Waals surface area (Å²) in [6.07, 6.45) is 0. The second-order valence-electron chi connectivity index (χ2n) is 3.29. The van der Waals surface area contributed by atoms with Crippen LogP contribution in [0.25, 0.3) is 10.4 Å². The zero-order chi connectivity index (χ0) is 12.4. The first-order chi connectivity index (χ1) is 8.13. The second kappa shape index (κ2) is 4.89. The zero-order valence-corrected chi connectivity index (χ0v) is 11.3. The maximum absolute atomic E-state index is 11.0. The molecule has 88 valence electrons. The number of methoxy groups -OCH3 is 1. The monoisotopic (exact) mass is 312 g/mol. The van der Waals surface area contributed by atoms with Crippen LogP contribution in [-0.4, -0.2) is 18.2 Å². The van der Waals surface area contributed by atoms with Crippen molar-refractivity contribution in [2.45, 2.75) is 0 Å². The molecule has 0 fully saturated rings. The van der Waals surface area contributed by atoms with E-state index in [0.29, 0.717) is 9.35 Å². The molecule has 0 saturated heterocycles. The molecule has 0 spiro atoms. The van der Waals surface area contributed by atoms with Crippen LogP contribution in [0.5, 0.6) is 5.75 Å². The van der Waals surface area contributed by atoms with Crippen molar-refractivity contribution in [3.05, 3.63) is 39.7 Å². The van der Waals surface area contributed by atoms with Gasteiger partial charge in [-0.1, -0.05) is 12.1 Å². The van der Waals surface area contributed by atoms with E-state index in [2.05, 4.69) is 15.9 Å². The van der Waals surface area contributed by atoms with Crippen molar-refractivity contribution < 1.29 is 14.6 Å². The lowest BCUT2D eigenvalue weighted by atomic mass is 10.1. The number of thiophene rings is 1. The number of halogens is 1. The Hall–Kier alpha value is -1.33. The van der Waals surface area contributed by atoms with E-state index in [1.165, 1.54) is 11.3 Å². The Morgan fingerprint density at radius 2 is 2.12 bits per heavy atom. The highest BCUT2D eigenvalue weighted by Crippen LogP contribution is 2.38. The van der Waals surface area contributed by atoms with Crippen LogP contribution in [0.2, 0.25) is 0 Å². The molecule has 0 aliphatic heterocycles. The molecule has 0 aliphatic carbocycles. The van der Waals surface area contributed by atoms with E-state index < -0.39 is 5.97 Å². The van der Waals surface area contributed by atoms with Gasteiger partial charge in [0.2, 0.25) is 0 Å². The summed E-state index contributed by atoms with van der Waals surface area (Å²) in [7, 11) is 1.60. The van der Waals surface area contributed by atoms with Gasteiger partial charge in [-0.15, -0.1) is 11.3 Å². The fourth-order valence-electron chi connectivity index (χ4n) is 1.50. The van der Waals surface area contributed by atoms with E-state index in [9.17, 15) is 4.79 Å². The van der Waals surface area contributed by atoms with Gasteiger partial charge in [-0.25, -0.2) is 4.79 Å². The Morgan fingerprint density at radius 1 is 1.41 bits per heavy atom. The maximum Gasteiger partial charge on any atom is 0.347 e. The summed E-state index contributed by atoms with van der Waals surface area (Å²) in [4.78, 5) is 12.1. The van der Waals surface area contributed by atoms with Crippen LogP contribution in [0.1, 0.15) is 9.67 Å². The lowest BCUT2D eigenvalue weighted by Gasteiger charge is -2.05. The van der Waals surface area contributed by atoms with Crippen molar-refractivity contribution in [3.63, 3.8) is 0 Å². The Labute approximate surface area is 111 Å². The van der Waals surface area contributed by atoms with Crippen LogP contribution in [-0.2, 0) is 0 Å². The molecule has 0 bridgehead atoms. The topological polar surface area (TPSA) is 46.5 Å². The fourth-order valence-corrected chi connectivity index (χ4v) is 3.21. The molecule has 0 saturated carbocycles. The number of aromatic carboxylic acids is 1. The highest BCUT2D eigenvalue weighted by molar-refractivity contribution is 9.10. The first-order valence-corrected chi connectivity index (χ1v) is 6.40. The Balaban J connectivity index is 2.53. The number of rotatable bonds is 3. The van der Waals surface area contributed by atoms with Gasteiger partial charge < -0.3 is 9.84 Å². The maximum atomic E-state index is 11.0. The molecule has 1 aromatic carbocycles. The second-order valence-corrected chi connectivity index (χ2v) is 5.20. The van der Waals surface area contributed by atoms with E-state index in [-0.39, 0.29) is 0 Å². The van der Waals surface area contributed by atoms with E-state index >= 15 is 0 Å². The molecule has 0 radical (unpaired) electrons. The summed E-state index contributed by atoms with van der Waals surface area (Å²) in [6, 6.07) is 9.33. The number of ether oxygens (including phenoxy) is 1. The van der Waals surface area contributed by atoms with Crippen molar-refractivity contribution in [3.8, 4) is 16.2 Å². The number of hydrogen-bond donors (Lipinski definition) is 1. The summed E-state index contributed by atoms with van der Waals surface area (Å²) < 4.78 is 5.85. The number of carboxylic acids is 1. The number of para-hydroxylation sites is 1. The molecule has 0 aliphatic rings. The molecule has 2 aromatic rings. The van der Waals surface area contributed by atoms with Gasteiger partial charge in [0.25, 0.3) is 0 Å². The smallest absolute Gasteiger partial charge is 0.347 e. The first-order valence-electron chi connectivity index (χ1n) is 4.79. The minimum Gasteiger partial charge on any atom is -0.496 e. The Morgan fingerprint density at radius 3 is 2.71 bits per heavy atom. The SMILES string of the molecule is COc1ccccc1-c1cc(Br)c(C(=O)O)s1. The number of carboxylic acid groups (broad SMARTS) is 1. The number of carbonyl (C=O) groups is 1. The molecule has 17 heavy (non-hydrogen) atoms. The average Bonchev–Trinajstić information content (AvgIpc) is 2.71. The molecular weight excluding hydrogens is 304 g/mol. The van der Waals surface area contributed by atoms with Gasteiger partial charge in [-0.2, -0.15) is 0 Å². The zero-order valence-electron chi connectivity index (χ0n) is 8.94. The third kappa shape index (κ3) is 2.35. The van der Waals surface area contributed by atoms with Gasteiger partial charge in [-0.3, -0.25) is 0 Å². The lowest BCUT2D eigenvalue weighted by molar-refractivity contribution is 0.0701. The minimum absolute atomic E-state index is 0.297. The molecule has 5 heteroatoms. The number of hydrogen-bond acceptors (Lipinski definition) is 3. The van der Waals surface area contributed by atoms with Gasteiger partial charge in [0.1, 0.15) is 10.6 Å². The largest absolute Gasteiger partial charge is 0.496 e. The van der Waals surface area contributed by atoms with Gasteiger partial charge in [0.05, 0.1) is 7.11 Å². The van der Waals surface area contributed by atoms with E-state index in [1.54, 1.807) is 13.2 Å². The quantitative estimate of drug-likeness (QED) is 0.935. The summed E-state index contributed by atoms with van der Waals surface area (Å²) in [5, 5.41) is 9.00. The van der Waals surface area contributed by atoms with Gasteiger partial charge >= 0.3 is 5.97 Å². The van der Waals surface area contributed by atoms with Crippen LogP contribution in [0.15, 0.2) is 34.8 Å². The molecule has 1 N–H and O–H groups in total. The third-order valence-corrected chi connectivity index (χ3v) is 4.30. The van der Waals surface area contributed by atoms with E-state index in [4.69, 9.17) is 9.84 Å². The number of benzene rings is 1. The Bertz CT molecular complexity index is 563. The predicted octanol–water partition coefficient (Wildman–Crippen LogP) is 3.88. The molecule has 0 atom stereocenters. The third-order valence-electron chi connectivity index (χ3n) is 2.25. The highest BCUT2D eigenvalue weighted by atomic mass is 79.9. The summed E-state index contributed by atoms with van der Waals surface area (Å²) in [5.41, 5.74) is 0.896. The van der Waals surface area contributed by atoms with Crippen molar-refractivity contribution in [1.82, 2.24) is 0 Å². The molecular formula is C12H9BrO3S. The van der Waals surface area contributed by atoms with Crippen molar-refractivity contribution in [1.29, 1.82) is 0 Å². The normalized spacial score (nSPS) is 10.2. The van der Waals surface area contributed by atoms with Crippen LogP contribution >= 0.6 is 27.3 Å². The minimum atomic E-state index is -0.928. The van der Waals surface area contributed by atoms with E-state index in [0.717, 1.165) is 16.2 Å². The summed E-state index contributed by atoms with van der Waals surface area (Å²) in [6.45, 7) is 0. The van der Waals surface area contributed by atoms with Crippen LogP contribution < -0.4 is 4.74 Å².